The molecule has 0 radical (unpaired) electrons. The lowest BCUT2D eigenvalue weighted by Crippen LogP contribution is -2.18. The molecule has 10 heteroatoms. The number of carbonyl (C=O) groups is 2. The summed E-state index contributed by atoms with van der Waals surface area (Å²) in [4.78, 5) is 28.9. The van der Waals surface area contributed by atoms with Crippen LogP contribution in [0.25, 0.3) is 5.57 Å². The molecule has 158 valence electrons. The number of benzene rings is 2. The topological polar surface area (TPSA) is 122 Å². The summed E-state index contributed by atoms with van der Waals surface area (Å²) in [7, 11) is 1.48. The van der Waals surface area contributed by atoms with Crippen molar-refractivity contribution < 1.29 is 43.2 Å². The number of hydrogen-bond acceptors (Lipinski definition) is 9. The molecule has 10 nitrogen and oxygen atoms in total. The number of carboxylic acid groups (broad SMARTS) is 1. The molecule has 3 aliphatic rings. The van der Waals surface area contributed by atoms with E-state index < -0.39 is 12.6 Å². The number of aliphatic carboxylic acids is 1. The van der Waals surface area contributed by atoms with E-state index in [0.717, 1.165) is 0 Å². The maximum Gasteiger partial charge on any atom is 0.344 e. The molecule has 0 bridgehead atoms. The molecule has 1 N–H and O–H groups in total. The minimum atomic E-state index is -1.19. The average Bonchev–Trinajstić information content (AvgIpc) is 3.41. The molecule has 0 amide bonds. The van der Waals surface area contributed by atoms with Gasteiger partial charge in [0.05, 0.1) is 7.11 Å². The Hall–Kier alpha value is -4.21. The molecule has 0 saturated heterocycles. The van der Waals surface area contributed by atoms with Gasteiger partial charge in [-0.3, -0.25) is 4.79 Å². The Morgan fingerprint density at radius 2 is 1.55 bits per heavy atom. The third-order valence-corrected chi connectivity index (χ3v) is 4.89. The van der Waals surface area contributed by atoms with Crippen molar-refractivity contribution in [3.8, 4) is 28.7 Å². The molecule has 2 aromatic rings. The second kappa shape index (κ2) is 7.24. The van der Waals surface area contributed by atoms with Gasteiger partial charge in [0.1, 0.15) is 11.5 Å². The summed E-state index contributed by atoms with van der Waals surface area (Å²) in [6.07, 6.45) is 1.38. The maximum atomic E-state index is 13.0. The van der Waals surface area contributed by atoms with E-state index in [0.29, 0.717) is 51.0 Å². The minimum Gasteiger partial charge on any atom is -0.496 e. The number of allylic oxidation sites excluding steroid dienone is 2. The van der Waals surface area contributed by atoms with E-state index in [2.05, 4.69) is 5.16 Å². The van der Waals surface area contributed by atoms with Gasteiger partial charge in [0.2, 0.25) is 20.2 Å². The Kier molecular flexibility index (Phi) is 4.39. The number of carboxylic acids is 1. The molecule has 0 aromatic heterocycles. The Labute approximate surface area is 175 Å². The van der Waals surface area contributed by atoms with Crippen molar-refractivity contribution in [2.75, 3.05) is 27.3 Å². The lowest BCUT2D eigenvalue weighted by molar-refractivity contribution is -0.142. The molecular formula is C21H15NO9. The fraction of sp³-hybridized carbons (Fsp3) is 0.190. The fourth-order valence-electron chi connectivity index (χ4n) is 3.52. The zero-order chi connectivity index (χ0) is 21.5. The molecule has 0 spiro atoms. The molecular weight excluding hydrogens is 410 g/mol. The van der Waals surface area contributed by atoms with Crippen LogP contribution in [0.2, 0.25) is 0 Å². The number of ketones is 1. The monoisotopic (exact) mass is 425 g/mol. The van der Waals surface area contributed by atoms with Crippen molar-refractivity contribution >= 4 is 23.0 Å². The largest absolute Gasteiger partial charge is 0.496 e. The van der Waals surface area contributed by atoms with Gasteiger partial charge in [-0.2, -0.15) is 0 Å². The number of nitrogens with zero attached hydrogens (tertiary/aromatic N) is 1. The number of methoxy groups -OCH3 is 1. The number of carbonyl (C=O) groups excluding carboxylic acids is 1. The van der Waals surface area contributed by atoms with Crippen molar-refractivity contribution in [2.45, 2.75) is 0 Å². The first kappa shape index (κ1) is 18.8. The molecule has 0 saturated carbocycles. The molecule has 2 aromatic carbocycles. The quantitative estimate of drug-likeness (QED) is 0.719. The highest BCUT2D eigenvalue weighted by molar-refractivity contribution is 6.41. The van der Waals surface area contributed by atoms with Gasteiger partial charge in [-0.25, -0.2) is 4.79 Å². The second-order valence-electron chi connectivity index (χ2n) is 6.69. The fourth-order valence-corrected chi connectivity index (χ4v) is 3.52. The molecule has 31 heavy (non-hydrogen) atoms. The summed E-state index contributed by atoms with van der Waals surface area (Å²) in [5.41, 5.74) is 1.85. The van der Waals surface area contributed by atoms with E-state index in [1.54, 1.807) is 24.3 Å². The van der Waals surface area contributed by atoms with Crippen LogP contribution in [0.15, 0.2) is 35.5 Å². The molecule has 2 heterocycles. The third-order valence-electron chi connectivity index (χ3n) is 4.89. The molecule has 1 aliphatic carbocycles. The van der Waals surface area contributed by atoms with Gasteiger partial charge in [-0.1, -0.05) is 5.16 Å². The van der Waals surface area contributed by atoms with E-state index in [1.165, 1.54) is 13.2 Å². The van der Waals surface area contributed by atoms with Crippen LogP contribution in [0, 0.1) is 0 Å². The number of hydrogen-bond donors (Lipinski definition) is 1. The summed E-state index contributed by atoms with van der Waals surface area (Å²) >= 11 is 0. The summed E-state index contributed by atoms with van der Waals surface area (Å²) in [5, 5.41) is 13.0. The van der Waals surface area contributed by atoms with Crippen LogP contribution < -0.4 is 23.7 Å². The lowest BCUT2D eigenvalue weighted by atomic mass is 9.85. The van der Waals surface area contributed by atoms with Crippen LogP contribution in [0.3, 0.4) is 0 Å². The SMILES string of the molecule is COc1cc2c(cc1C1=CC(=O)c3cc4c(cc3/C1=N/OCC(=O)O)OCO4)OCO2. The van der Waals surface area contributed by atoms with E-state index in [-0.39, 0.29) is 25.1 Å². The maximum absolute atomic E-state index is 13.0. The number of rotatable bonds is 5. The van der Waals surface area contributed by atoms with Crippen LogP contribution in [-0.4, -0.2) is 49.9 Å². The van der Waals surface area contributed by atoms with E-state index in [4.69, 9.17) is 33.6 Å². The Morgan fingerprint density at radius 1 is 0.968 bits per heavy atom. The average molecular weight is 425 g/mol. The van der Waals surface area contributed by atoms with E-state index in [9.17, 15) is 9.59 Å². The van der Waals surface area contributed by atoms with Crippen LogP contribution in [-0.2, 0) is 9.63 Å². The summed E-state index contributed by atoms with van der Waals surface area (Å²) in [6.45, 7) is -0.553. The molecule has 0 fully saturated rings. The Morgan fingerprint density at radius 3 is 2.16 bits per heavy atom. The Bertz CT molecular complexity index is 1180. The number of fused-ring (bicyclic) bond motifs is 3. The van der Waals surface area contributed by atoms with E-state index >= 15 is 0 Å². The molecule has 0 unspecified atom stereocenters. The standard InChI is InChI=1S/C21H15NO9/c1-26-15-6-19-17(28-9-30-19)4-11(15)12-2-14(23)10-3-16-18(29-8-27-16)5-13(10)21(12)22-31-7-20(24)25/h2-6H,7-9H2,1H3,(H,24,25)/b22-21+. The van der Waals surface area contributed by atoms with Crippen LogP contribution in [0.1, 0.15) is 21.5 Å². The van der Waals surface area contributed by atoms with Gasteiger partial charge >= 0.3 is 5.97 Å². The summed E-state index contributed by atoms with van der Waals surface area (Å²) in [6, 6.07) is 6.50. The zero-order valence-electron chi connectivity index (χ0n) is 16.2. The van der Waals surface area contributed by atoms with Crippen molar-refractivity contribution in [1.29, 1.82) is 0 Å². The van der Waals surface area contributed by atoms with E-state index in [1.807, 2.05) is 0 Å². The van der Waals surface area contributed by atoms with Gasteiger partial charge in [0, 0.05) is 28.3 Å². The highest BCUT2D eigenvalue weighted by Crippen LogP contribution is 2.44. The first-order chi connectivity index (χ1) is 15.0. The first-order valence-corrected chi connectivity index (χ1v) is 9.15. The number of ether oxygens (including phenoxy) is 5. The Balaban J connectivity index is 1.68. The lowest BCUT2D eigenvalue weighted by Gasteiger charge is -2.20. The highest BCUT2D eigenvalue weighted by atomic mass is 16.7. The summed E-state index contributed by atoms with van der Waals surface area (Å²) in [5.74, 6) is 0.804. The zero-order valence-corrected chi connectivity index (χ0v) is 16.2. The molecule has 0 atom stereocenters. The van der Waals surface area contributed by atoms with Crippen molar-refractivity contribution in [3.63, 3.8) is 0 Å². The third kappa shape index (κ3) is 3.18. The highest BCUT2D eigenvalue weighted by Gasteiger charge is 2.32. The van der Waals surface area contributed by atoms with Gasteiger partial charge in [0.25, 0.3) is 0 Å². The van der Waals surface area contributed by atoms with Crippen molar-refractivity contribution in [3.05, 3.63) is 47.0 Å². The van der Waals surface area contributed by atoms with Gasteiger partial charge in [0.15, 0.2) is 28.8 Å². The molecule has 2 aliphatic heterocycles. The van der Waals surface area contributed by atoms with Gasteiger partial charge < -0.3 is 33.6 Å². The minimum absolute atomic E-state index is 0.0324. The van der Waals surface area contributed by atoms with Crippen LogP contribution in [0.5, 0.6) is 28.7 Å². The molecule has 5 rings (SSSR count). The predicted molar refractivity (Wildman–Crippen MR) is 104 cm³/mol. The van der Waals surface area contributed by atoms with Gasteiger partial charge in [-0.15, -0.1) is 0 Å². The summed E-state index contributed by atoms with van der Waals surface area (Å²) < 4.78 is 27.1. The van der Waals surface area contributed by atoms with Crippen molar-refractivity contribution in [2.24, 2.45) is 5.16 Å². The van der Waals surface area contributed by atoms with Crippen LogP contribution >= 0.6 is 0 Å². The first-order valence-electron chi connectivity index (χ1n) is 9.15. The second-order valence-corrected chi connectivity index (χ2v) is 6.69. The normalized spacial score (nSPS) is 16.7. The number of oxime groups is 1. The van der Waals surface area contributed by atoms with Crippen LogP contribution in [0.4, 0.5) is 0 Å². The van der Waals surface area contributed by atoms with Gasteiger partial charge in [-0.05, 0) is 24.3 Å². The smallest absolute Gasteiger partial charge is 0.344 e. The van der Waals surface area contributed by atoms with Crippen molar-refractivity contribution in [1.82, 2.24) is 0 Å². The predicted octanol–water partition coefficient (Wildman–Crippen LogP) is 2.24.